The van der Waals surface area contributed by atoms with Crippen LogP contribution in [0.25, 0.3) is 0 Å². The summed E-state index contributed by atoms with van der Waals surface area (Å²) in [5, 5.41) is 11.6. The van der Waals surface area contributed by atoms with Gasteiger partial charge in [-0.05, 0) is 12.1 Å². The zero-order valence-corrected chi connectivity index (χ0v) is 7.96. The molecule has 1 saturated heterocycles. The lowest BCUT2D eigenvalue weighted by molar-refractivity contribution is -0.129. The minimum atomic E-state index is -1.08. The number of carbonyl (C=O) groups excluding carboxylic acids is 1. The van der Waals surface area contributed by atoms with Crippen LogP contribution in [0.4, 0.5) is 10.5 Å². The van der Waals surface area contributed by atoms with Crippen molar-refractivity contribution in [2.24, 2.45) is 0 Å². The number of rotatable bonds is 2. The van der Waals surface area contributed by atoms with Gasteiger partial charge in [0, 0.05) is 0 Å². The van der Waals surface area contributed by atoms with E-state index in [9.17, 15) is 9.59 Å². The Labute approximate surface area is 86.5 Å². The molecule has 0 saturated carbocycles. The maximum atomic E-state index is 11.0. The number of benzene rings is 1. The second-order valence-electron chi connectivity index (χ2n) is 3.29. The molecule has 78 valence electrons. The molecule has 1 aliphatic heterocycles. The number of carboxylic acid groups (broad SMARTS) is 1. The van der Waals surface area contributed by atoms with Gasteiger partial charge in [0.15, 0.2) is 5.78 Å². The number of anilines is 1. The molecule has 0 unspecified atom stereocenters. The number of hydrazine groups is 1. The van der Waals surface area contributed by atoms with E-state index in [2.05, 4.69) is 0 Å². The monoisotopic (exact) mass is 206 g/mol. The molecular formula is C10H10N2O3. The second-order valence-corrected chi connectivity index (χ2v) is 3.29. The standard InChI is InChI=1S/C10H10N2O3/c13-9-6-11(7-9)12(10(14)15)8-4-2-1-3-5-8/h1-5H,6-7H2,(H,14,15). The second kappa shape index (κ2) is 3.70. The lowest BCUT2D eigenvalue weighted by Gasteiger charge is -2.37. The largest absolute Gasteiger partial charge is 0.464 e. The van der Waals surface area contributed by atoms with Crippen molar-refractivity contribution in [3.8, 4) is 0 Å². The van der Waals surface area contributed by atoms with Crippen molar-refractivity contribution < 1.29 is 14.7 Å². The van der Waals surface area contributed by atoms with E-state index in [0.717, 1.165) is 5.01 Å². The van der Waals surface area contributed by atoms with Crippen LogP contribution in [0.1, 0.15) is 0 Å². The van der Waals surface area contributed by atoms with Gasteiger partial charge in [-0.3, -0.25) is 4.79 Å². The van der Waals surface area contributed by atoms with Gasteiger partial charge in [0.2, 0.25) is 0 Å². The lowest BCUT2D eigenvalue weighted by atomic mass is 10.2. The Balaban J connectivity index is 2.21. The van der Waals surface area contributed by atoms with E-state index >= 15 is 0 Å². The maximum absolute atomic E-state index is 11.0. The number of nitrogens with zero attached hydrogens (tertiary/aromatic N) is 2. The van der Waals surface area contributed by atoms with Crippen molar-refractivity contribution in [3.05, 3.63) is 30.3 Å². The molecule has 1 amide bonds. The van der Waals surface area contributed by atoms with Gasteiger partial charge < -0.3 is 5.11 Å². The van der Waals surface area contributed by atoms with Crippen molar-refractivity contribution in [1.29, 1.82) is 0 Å². The number of Topliss-reactive ketones (excluding diaryl/α,β-unsaturated/α-hetero) is 1. The van der Waals surface area contributed by atoms with Crippen molar-refractivity contribution in [3.63, 3.8) is 0 Å². The number of hydrogen-bond donors (Lipinski definition) is 1. The highest BCUT2D eigenvalue weighted by atomic mass is 16.4. The summed E-state index contributed by atoms with van der Waals surface area (Å²) in [6.45, 7) is 0.336. The van der Waals surface area contributed by atoms with Crippen molar-refractivity contribution in [2.75, 3.05) is 18.1 Å². The fraction of sp³-hybridized carbons (Fsp3) is 0.200. The van der Waals surface area contributed by atoms with Gasteiger partial charge in [-0.1, -0.05) is 18.2 Å². The van der Waals surface area contributed by atoms with Crippen LogP contribution in [0.2, 0.25) is 0 Å². The Hall–Kier alpha value is -1.88. The molecule has 1 heterocycles. The highest BCUT2D eigenvalue weighted by Crippen LogP contribution is 2.19. The first-order valence-electron chi connectivity index (χ1n) is 4.53. The van der Waals surface area contributed by atoms with Crippen LogP contribution >= 0.6 is 0 Å². The lowest BCUT2D eigenvalue weighted by Crippen LogP contribution is -2.58. The average Bonchev–Trinajstić information content (AvgIpc) is 2.17. The molecule has 1 N–H and O–H groups in total. The van der Waals surface area contributed by atoms with E-state index in [0.29, 0.717) is 5.69 Å². The molecule has 0 aliphatic carbocycles. The molecule has 1 aliphatic rings. The van der Waals surface area contributed by atoms with E-state index in [4.69, 9.17) is 5.11 Å². The van der Waals surface area contributed by atoms with Gasteiger partial charge in [0.1, 0.15) is 0 Å². The number of para-hydroxylation sites is 1. The van der Waals surface area contributed by atoms with Crippen LogP contribution in [-0.4, -0.2) is 35.1 Å². The Kier molecular flexibility index (Phi) is 2.39. The molecule has 0 radical (unpaired) electrons. The third-order valence-corrected chi connectivity index (χ3v) is 2.18. The molecule has 0 bridgehead atoms. The predicted molar refractivity (Wildman–Crippen MR) is 53.5 cm³/mol. The van der Waals surface area contributed by atoms with E-state index < -0.39 is 6.09 Å². The maximum Gasteiger partial charge on any atom is 0.426 e. The summed E-state index contributed by atoms with van der Waals surface area (Å²) in [5.74, 6) is 0.0529. The van der Waals surface area contributed by atoms with E-state index in [-0.39, 0.29) is 18.9 Å². The zero-order chi connectivity index (χ0) is 10.8. The Morgan fingerprint density at radius 2 is 1.87 bits per heavy atom. The minimum absolute atomic E-state index is 0.0529. The van der Waals surface area contributed by atoms with Crippen molar-refractivity contribution in [2.45, 2.75) is 0 Å². The SMILES string of the molecule is O=C1CN(N(C(=O)O)c2ccccc2)C1. The summed E-state index contributed by atoms with van der Waals surface area (Å²) < 4.78 is 0. The summed E-state index contributed by atoms with van der Waals surface area (Å²) in [4.78, 5) is 21.8. The number of amides is 1. The van der Waals surface area contributed by atoms with E-state index in [1.165, 1.54) is 5.01 Å². The van der Waals surface area contributed by atoms with Crippen LogP contribution in [0.15, 0.2) is 30.3 Å². The highest BCUT2D eigenvalue weighted by Gasteiger charge is 2.32. The quantitative estimate of drug-likeness (QED) is 0.783. The van der Waals surface area contributed by atoms with Gasteiger partial charge in [-0.15, -0.1) is 0 Å². The number of carbonyl (C=O) groups is 2. The van der Waals surface area contributed by atoms with Gasteiger partial charge >= 0.3 is 6.09 Å². The molecular weight excluding hydrogens is 196 g/mol. The summed E-state index contributed by atoms with van der Waals surface area (Å²) in [6.07, 6.45) is -1.08. The minimum Gasteiger partial charge on any atom is -0.464 e. The topological polar surface area (TPSA) is 60.9 Å². The molecule has 1 aromatic carbocycles. The van der Waals surface area contributed by atoms with Gasteiger partial charge in [0.25, 0.3) is 0 Å². The van der Waals surface area contributed by atoms with Crippen LogP contribution in [-0.2, 0) is 4.79 Å². The van der Waals surface area contributed by atoms with Crippen molar-refractivity contribution in [1.82, 2.24) is 5.01 Å². The van der Waals surface area contributed by atoms with Crippen LogP contribution in [0.5, 0.6) is 0 Å². The molecule has 0 aromatic heterocycles. The number of ketones is 1. The molecule has 1 fully saturated rings. The number of hydrogen-bond acceptors (Lipinski definition) is 3. The molecule has 2 rings (SSSR count). The third kappa shape index (κ3) is 1.82. The molecule has 0 atom stereocenters. The van der Waals surface area contributed by atoms with E-state index in [1.807, 2.05) is 6.07 Å². The van der Waals surface area contributed by atoms with Gasteiger partial charge in [-0.25, -0.2) is 9.80 Å². The van der Waals surface area contributed by atoms with Crippen molar-refractivity contribution >= 4 is 17.6 Å². The Morgan fingerprint density at radius 3 is 2.33 bits per heavy atom. The molecule has 5 heteroatoms. The Bertz CT molecular complexity index is 383. The summed E-state index contributed by atoms with van der Waals surface area (Å²) in [5.41, 5.74) is 0.553. The van der Waals surface area contributed by atoms with Crippen LogP contribution in [0.3, 0.4) is 0 Å². The first kappa shape index (κ1) is 9.67. The Morgan fingerprint density at radius 1 is 1.27 bits per heavy atom. The molecule has 15 heavy (non-hydrogen) atoms. The third-order valence-electron chi connectivity index (χ3n) is 2.18. The zero-order valence-electron chi connectivity index (χ0n) is 7.96. The first-order valence-corrected chi connectivity index (χ1v) is 4.53. The summed E-state index contributed by atoms with van der Waals surface area (Å²) in [6, 6.07) is 8.71. The fourth-order valence-corrected chi connectivity index (χ4v) is 1.47. The summed E-state index contributed by atoms with van der Waals surface area (Å²) in [7, 11) is 0. The molecule has 1 aromatic rings. The van der Waals surface area contributed by atoms with E-state index in [1.54, 1.807) is 24.3 Å². The normalized spacial score (nSPS) is 15.9. The molecule has 0 spiro atoms. The fourth-order valence-electron chi connectivity index (χ4n) is 1.47. The molecule has 5 nitrogen and oxygen atoms in total. The smallest absolute Gasteiger partial charge is 0.426 e. The summed E-state index contributed by atoms with van der Waals surface area (Å²) >= 11 is 0. The van der Waals surface area contributed by atoms with Crippen LogP contribution in [0, 0.1) is 0 Å². The highest BCUT2D eigenvalue weighted by molar-refractivity contribution is 5.92. The van der Waals surface area contributed by atoms with Gasteiger partial charge in [0.05, 0.1) is 18.8 Å². The predicted octanol–water partition coefficient (Wildman–Crippen LogP) is 0.971. The van der Waals surface area contributed by atoms with Gasteiger partial charge in [-0.2, -0.15) is 5.01 Å². The first-order chi connectivity index (χ1) is 7.18. The van der Waals surface area contributed by atoms with Crippen LogP contribution < -0.4 is 5.01 Å². The average molecular weight is 206 g/mol.